The van der Waals surface area contributed by atoms with Gasteiger partial charge in [-0.15, -0.1) is 0 Å². The number of nitrogens with zero attached hydrogens (tertiary/aromatic N) is 3. The Bertz CT molecular complexity index is 1290. The lowest BCUT2D eigenvalue weighted by molar-refractivity contribution is -0.140. The summed E-state index contributed by atoms with van der Waals surface area (Å²) in [6.07, 6.45) is -4.70. The monoisotopic (exact) mass is 567 g/mol. The SMILES string of the molecule is N#CCn1c(=O)n(CC(F)(F)F)c2cc(Br)c(C(=O)c3cc(F)ccc3Cl)c(Br)c21. The first-order valence-electron chi connectivity index (χ1n) is 8.00. The van der Waals surface area contributed by atoms with E-state index in [0.29, 0.717) is 4.57 Å². The van der Waals surface area contributed by atoms with Crippen LogP contribution in [-0.4, -0.2) is 21.1 Å². The Labute approximate surface area is 187 Å². The van der Waals surface area contributed by atoms with Crippen LogP contribution in [0.15, 0.2) is 38.0 Å². The lowest BCUT2D eigenvalue weighted by Gasteiger charge is -2.12. The molecule has 0 N–H and O–H groups in total. The van der Waals surface area contributed by atoms with Crippen molar-refractivity contribution in [2.24, 2.45) is 0 Å². The molecule has 2 aromatic carbocycles. The van der Waals surface area contributed by atoms with E-state index in [-0.39, 0.29) is 36.1 Å². The molecule has 0 saturated carbocycles. The first-order valence-corrected chi connectivity index (χ1v) is 9.97. The number of hydrogen-bond donors (Lipinski definition) is 0. The molecular formula is C18H8Br2ClF4N3O2. The molecule has 0 aliphatic heterocycles. The van der Waals surface area contributed by atoms with E-state index in [9.17, 15) is 27.2 Å². The topological polar surface area (TPSA) is 67.8 Å². The quantitative estimate of drug-likeness (QED) is 0.311. The van der Waals surface area contributed by atoms with Crippen molar-refractivity contribution in [3.63, 3.8) is 0 Å². The fourth-order valence-corrected chi connectivity index (χ4v) is 4.84. The van der Waals surface area contributed by atoms with E-state index in [1.54, 1.807) is 6.07 Å². The number of alkyl halides is 3. The van der Waals surface area contributed by atoms with Crippen LogP contribution >= 0.6 is 43.5 Å². The summed E-state index contributed by atoms with van der Waals surface area (Å²) in [7, 11) is 0. The largest absolute Gasteiger partial charge is 0.406 e. The standard InChI is InChI=1S/C18H8Br2ClF4N3O2/c19-10-6-12-15(27(4-3-26)17(30)28(12)7-18(23,24)25)14(20)13(10)16(29)9-5-8(22)1-2-11(9)21/h1-2,5-6H,4,7H2. The number of halogens is 7. The third kappa shape index (κ3) is 4.04. The summed E-state index contributed by atoms with van der Waals surface area (Å²) in [5, 5.41) is 8.98. The highest BCUT2D eigenvalue weighted by Gasteiger charge is 2.32. The normalized spacial score (nSPS) is 11.7. The van der Waals surface area contributed by atoms with Gasteiger partial charge in [-0.3, -0.25) is 13.9 Å². The second-order valence-corrected chi connectivity index (χ2v) is 8.15. The molecule has 3 aromatic rings. The molecule has 30 heavy (non-hydrogen) atoms. The summed E-state index contributed by atoms with van der Waals surface area (Å²) in [6.45, 7) is -2.13. The van der Waals surface area contributed by atoms with Crippen LogP contribution in [-0.2, 0) is 13.1 Å². The van der Waals surface area contributed by atoms with Gasteiger partial charge in [0.15, 0.2) is 5.78 Å². The molecule has 0 saturated heterocycles. The molecule has 0 spiro atoms. The van der Waals surface area contributed by atoms with Crippen LogP contribution < -0.4 is 5.69 Å². The highest BCUT2D eigenvalue weighted by atomic mass is 79.9. The number of rotatable bonds is 4. The second kappa shape index (κ2) is 8.17. The molecule has 156 valence electrons. The number of fused-ring (bicyclic) bond motifs is 1. The van der Waals surface area contributed by atoms with Crippen molar-refractivity contribution in [3.8, 4) is 6.07 Å². The molecule has 0 amide bonds. The number of ketones is 1. The highest BCUT2D eigenvalue weighted by Crippen LogP contribution is 2.36. The summed E-state index contributed by atoms with van der Waals surface area (Å²) < 4.78 is 53.9. The van der Waals surface area contributed by atoms with Crippen molar-refractivity contribution in [1.82, 2.24) is 9.13 Å². The Morgan fingerprint density at radius 3 is 2.47 bits per heavy atom. The van der Waals surface area contributed by atoms with E-state index in [1.165, 1.54) is 12.1 Å². The number of hydrogen-bond acceptors (Lipinski definition) is 3. The van der Waals surface area contributed by atoms with Crippen LogP contribution in [0.25, 0.3) is 11.0 Å². The zero-order valence-corrected chi connectivity index (χ0v) is 18.5. The van der Waals surface area contributed by atoms with Gasteiger partial charge in [0.05, 0.1) is 32.2 Å². The molecule has 0 aliphatic carbocycles. The summed E-state index contributed by atoms with van der Waals surface area (Å²) in [4.78, 5) is 25.6. The van der Waals surface area contributed by atoms with E-state index in [4.69, 9.17) is 16.9 Å². The third-order valence-electron chi connectivity index (χ3n) is 4.16. The molecule has 0 fully saturated rings. The molecule has 0 atom stereocenters. The van der Waals surface area contributed by atoms with Gasteiger partial charge in [0.25, 0.3) is 0 Å². The van der Waals surface area contributed by atoms with Crippen molar-refractivity contribution in [2.75, 3.05) is 0 Å². The maximum Gasteiger partial charge on any atom is 0.406 e. The summed E-state index contributed by atoms with van der Waals surface area (Å²) >= 11 is 12.3. The minimum absolute atomic E-state index is 0.0366. The lowest BCUT2D eigenvalue weighted by atomic mass is 10.0. The van der Waals surface area contributed by atoms with Crippen LogP contribution in [0.2, 0.25) is 5.02 Å². The number of carbonyl (C=O) groups is 1. The zero-order valence-electron chi connectivity index (χ0n) is 14.5. The Hall–Kier alpha value is -2.16. The molecular weight excluding hydrogens is 561 g/mol. The smallest absolute Gasteiger partial charge is 0.288 e. The molecule has 1 heterocycles. The van der Waals surface area contributed by atoms with Crippen LogP contribution in [0.4, 0.5) is 17.6 Å². The first-order chi connectivity index (χ1) is 14.0. The predicted molar refractivity (Wildman–Crippen MR) is 108 cm³/mol. The van der Waals surface area contributed by atoms with Crippen LogP contribution in [0.3, 0.4) is 0 Å². The van der Waals surface area contributed by atoms with Gasteiger partial charge in [-0.25, -0.2) is 9.18 Å². The van der Waals surface area contributed by atoms with Gasteiger partial charge in [0.2, 0.25) is 0 Å². The van der Waals surface area contributed by atoms with Gasteiger partial charge in [-0.1, -0.05) is 11.6 Å². The van der Waals surface area contributed by atoms with E-state index < -0.39 is 36.6 Å². The maximum atomic E-state index is 13.6. The van der Waals surface area contributed by atoms with Gasteiger partial charge in [-0.05, 0) is 56.1 Å². The van der Waals surface area contributed by atoms with E-state index in [0.717, 1.165) is 16.7 Å². The lowest BCUT2D eigenvalue weighted by Crippen LogP contribution is -2.29. The minimum atomic E-state index is -4.70. The Kier molecular flexibility index (Phi) is 6.13. The zero-order chi connectivity index (χ0) is 22.4. The first kappa shape index (κ1) is 22.5. The van der Waals surface area contributed by atoms with Crippen LogP contribution in [0.1, 0.15) is 15.9 Å². The second-order valence-electron chi connectivity index (χ2n) is 6.10. The Morgan fingerprint density at radius 2 is 1.87 bits per heavy atom. The number of aromatic nitrogens is 2. The molecule has 0 bridgehead atoms. The van der Waals surface area contributed by atoms with Gasteiger partial charge >= 0.3 is 11.9 Å². The van der Waals surface area contributed by atoms with Gasteiger partial charge in [0, 0.05) is 10.0 Å². The number of benzene rings is 2. The predicted octanol–water partition coefficient (Wildman–Crippen LogP) is 5.44. The Balaban J connectivity index is 2.35. The average molecular weight is 570 g/mol. The van der Waals surface area contributed by atoms with Crippen molar-refractivity contribution >= 4 is 60.3 Å². The van der Waals surface area contributed by atoms with Crippen molar-refractivity contribution in [2.45, 2.75) is 19.3 Å². The van der Waals surface area contributed by atoms with Crippen LogP contribution in [0, 0.1) is 17.1 Å². The third-order valence-corrected chi connectivity index (χ3v) is 5.89. The molecule has 0 radical (unpaired) electrons. The molecule has 0 unspecified atom stereocenters. The van der Waals surface area contributed by atoms with Gasteiger partial charge in [0.1, 0.15) is 18.9 Å². The summed E-state index contributed by atoms with van der Waals surface area (Å²) in [6, 6.07) is 6.06. The Morgan fingerprint density at radius 1 is 1.20 bits per heavy atom. The van der Waals surface area contributed by atoms with Gasteiger partial charge in [-0.2, -0.15) is 18.4 Å². The number of carbonyl (C=O) groups excluding carboxylic acids is 1. The maximum absolute atomic E-state index is 13.6. The van der Waals surface area contributed by atoms with E-state index in [2.05, 4.69) is 31.9 Å². The van der Waals surface area contributed by atoms with Crippen molar-refractivity contribution < 1.29 is 22.4 Å². The van der Waals surface area contributed by atoms with Crippen molar-refractivity contribution in [3.05, 3.63) is 65.7 Å². The molecule has 3 rings (SSSR count). The highest BCUT2D eigenvalue weighted by molar-refractivity contribution is 9.11. The average Bonchev–Trinajstić information content (AvgIpc) is 2.88. The van der Waals surface area contributed by atoms with Gasteiger partial charge < -0.3 is 0 Å². The number of imidazole rings is 1. The van der Waals surface area contributed by atoms with E-state index in [1.807, 2.05) is 0 Å². The summed E-state index contributed by atoms with van der Waals surface area (Å²) in [5.74, 6) is -1.45. The molecule has 5 nitrogen and oxygen atoms in total. The minimum Gasteiger partial charge on any atom is -0.288 e. The number of nitriles is 1. The van der Waals surface area contributed by atoms with Crippen LogP contribution in [0.5, 0.6) is 0 Å². The van der Waals surface area contributed by atoms with Crippen molar-refractivity contribution in [1.29, 1.82) is 5.26 Å². The molecule has 12 heteroatoms. The molecule has 0 aliphatic rings. The fraction of sp³-hybridized carbons (Fsp3) is 0.167. The summed E-state index contributed by atoms with van der Waals surface area (Å²) in [5.41, 5.74) is -1.56. The molecule has 1 aromatic heterocycles. The van der Waals surface area contributed by atoms with E-state index >= 15 is 0 Å². The fourth-order valence-electron chi connectivity index (χ4n) is 2.97.